The third-order valence-corrected chi connectivity index (χ3v) is 4.49. The summed E-state index contributed by atoms with van der Waals surface area (Å²) in [6, 6.07) is 0.361. The standard InChI is InChI=1S/C15H29N3O2S/c1-5-7-16-13(2)14-12-17-15(21-14)18(9-11-20-4)8-6-10-19-3/h12-13,16H,5-11H2,1-4H3. The molecule has 1 unspecified atom stereocenters. The van der Waals surface area contributed by atoms with Gasteiger partial charge in [0.1, 0.15) is 0 Å². The molecule has 122 valence electrons. The summed E-state index contributed by atoms with van der Waals surface area (Å²) in [5, 5.41) is 4.58. The van der Waals surface area contributed by atoms with Crippen molar-refractivity contribution in [3.8, 4) is 0 Å². The smallest absolute Gasteiger partial charge is 0.185 e. The Labute approximate surface area is 132 Å². The minimum Gasteiger partial charge on any atom is -0.385 e. The van der Waals surface area contributed by atoms with Crippen molar-refractivity contribution < 1.29 is 9.47 Å². The van der Waals surface area contributed by atoms with Crippen LogP contribution in [0.25, 0.3) is 0 Å². The highest BCUT2D eigenvalue weighted by molar-refractivity contribution is 7.15. The van der Waals surface area contributed by atoms with E-state index in [2.05, 4.69) is 29.0 Å². The van der Waals surface area contributed by atoms with Gasteiger partial charge in [-0.25, -0.2) is 4.98 Å². The van der Waals surface area contributed by atoms with Gasteiger partial charge in [-0.2, -0.15) is 0 Å². The summed E-state index contributed by atoms with van der Waals surface area (Å²) < 4.78 is 10.3. The summed E-state index contributed by atoms with van der Waals surface area (Å²) in [5.41, 5.74) is 0. The maximum absolute atomic E-state index is 5.20. The van der Waals surface area contributed by atoms with Gasteiger partial charge < -0.3 is 19.7 Å². The lowest BCUT2D eigenvalue weighted by molar-refractivity contribution is 0.191. The van der Waals surface area contributed by atoms with Crippen LogP contribution in [-0.2, 0) is 9.47 Å². The zero-order chi connectivity index (χ0) is 15.5. The van der Waals surface area contributed by atoms with Crippen molar-refractivity contribution in [2.24, 2.45) is 0 Å². The lowest BCUT2D eigenvalue weighted by atomic mass is 10.3. The summed E-state index contributed by atoms with van der Waals surface area (Å²) >= 11 is 1.76. The molecule has 0 aromatic carbocycles. The van der Waals surface area contributed by atoms with Gasteiger partial charge in [0.15, 0.2) is 5.13 Å². The third kappa shape index (κ3) is 6.74. The average molecular weight is 315 g/mol. The van der Waals surface area contributed by atoms with Crippen LogP contribution in [-0.4, -0.2) is 52.1 Å². The Bertz CT molecular complexity index is 374. The highest BCUT2D eigenvalue weighted by Crippen LogP contribution is 2.27. The van der Waals surface area contributed by atoms with Gasteiger partial charge in [0.2, 0.25) is 0 Å². The van der Waals surface area contributed by atoms with E-state index in [0.29, 0.717) is 12.6 Å². The third-order valence-electron chi connectivity index (χ3n) is 3.25. The Hall–Kier alpha value is -0.690. The largest absolute Gasteiger partial charge is 0.385 e. The quantitative estimate of drug-likeness (QED) is 0.601. The van der Waals surface area contributed by atoms with Crippen LogP contribution in [0.2, 0.25) is 0 Å². The van der Waals surface area contributed by atoms with Crippen LogP contribution in [0.3, 0.4) is 0 Å². The molecule has 0 radical (unpaired) electrons. The first-order valence-electron chi connectivity index (χ1n) is 7.64. The lowest BCUT2D eigenvalue weighted by Gasteiger charge is -2.21. The molecule has 0 amide bonds. The summed E-state index contributed by atoms with van der Waals surface area (Å²) in [4.78, 5) is 8.15. The number of nitrogens with zero attached hydrogens (tertiary/aromatic N) is 2. The van der Waals surface area contributed by atoms with Crippen molar-refractivity contribution in [2.75, 3.05) is 52.0 Å². The summed E-state index contributed by atoms with van der Waals surface area (Å²) in [5.74, 6) is 0. The number of ether oxygens (including phenoxy) is 2. The zero-order valence-corrected chi connectivity index (χ0v) is 14.5. The molecular formula is C15H29N3O2S. The molecule has 1 aromatic heterocycles. The van der Waals surface area contributed by atoms with Crippen molar-refractivity contribution in [1.82, 2.24) is 10.3 Å². The molecule has 5 nitrogen and oxygen atoms in total. The first-order chi connectivity index (χ1) is 10.2. The number of rotatable bonds is 12. The van der Waals surface area contributed by atoms with Crippen LogP contribution >= 0.6 is 11.3 Å². The van der Waals surface area contributed by atoms with E-state index in [9.17, 15) is 0 Å². The fourth-order valence-electron chi connectivity index (χ4n) is 1.99. The van der Waals surface area contributed by atoms with E-state index in [1.54, 1.807) is 25.6 Å². The topological polar surface area (TPSA) is 46.6 Å². The van der Waals surface area contributed by atoms with E-state index in [0.717, 1.165) is 44.2 Å². The van der Waals surface area contributed by atoms with Crippen LogP contribution in [0, 0.1) is 0 Å². The molecule has 0 spiro atoms. The van der Waals surface area contributed by atoms with Crippen molar-refractivity contribution in [1.29, 1.82) is 0 Å². The van der Waals surface area contributed by atoms with Crippen molar-refractivity contribution in [3.63, 3.8) is 0 Å². The molecule has 6 heteroatoms. The van der Waals surface area contributed by atoms with Crippen molar-refractivity contribution >= 4 is 16.5 Å². The minimum absolute atomic E-state index is 0.361. The number of aromatic nitrogens is 1. The number of methoxy groups -OCH3 is 2. The Balaban J connectivity index is 2.61. The first-order valence-corrected chi connectivity index (χ1v) is 8.46. The molecule has 1 rings (SSSR count). The summed E-state index contributed by atoms with van der Waals surface area (Å²) in [6.45, 7) is 8.71. The monoisotopic (exact) mass is 315 g/mol. The number of thiazole rings is 1. The van der Waals surface area contributed by atoms with Gasteiger partial charge in [0.25, 0.3) is 0 Å². The van der Waals surface area contributed by atoms with E-state index < -0.39 is 0 Å². The Morgan fingerprint density at radius 1 is 1.29 bits per heavy atom. The van der Waals surface area contributed by atoms with E-state index in [-0.39, 0.29) is 0 Å². The van der Waals surface area contributed by atoms with Gasteiger partial charge in [0.05, 0.1) is 6.61 Å². The number of anilines is 1. The second-order valence-electron chi connectivity index (χ2n) is 5.05. The fourth-order valence-corrected chi connectivity index (χ4v) is 2.98. The molecule has 1 heterocycles. The van der Waals surface area contributed by atoms with Crippen molar-refractivity contribution in [3.05, 3.63) is 11.1 Å². The van der Waals surface area contributed by atoms with Crippen LogP contribution in [0.15, 0.2) is 6.20 Å². The van der Waals surface area contributed by atoms with Crippen molar-refractivity contribution in [2.45, 2.75) is 32.7 Å². The molecule has 0 saturated carbocycles. The number of hydrogen-bond acceptors (Lipinski definition) is 6. The Kier molecular flexibility index (Phi) is 9.58. The predicted octanol–water partition coefficient (Wildman–Crippen LogP) is 2.69. The van der Waals surface area contributed by atoms with E-state index in [1.807, 2.05) is 6.20 Å². The summed E-state index contributed by atoms with van der Waals surface area (Å²) in [7, 11) is 3.47. The Morgan fingerprint density at radius 3 is 2.71 bits per heavy atom. The fraction of sp³-hybridized carbons (Fsp3) is 0.800. The van der Waals surface area contributed by atoms with E-state index in [4.69, 9.17) is 9.47 Å². The zero-order valence-electron chi connectivity index (χ0n) is 13.7. The van der Waals surface area contributed by atoms with Crippen LogP contribution < -0.4 is 10.2 Å². The van der Waals surface area contributed by atoms with Gasteiger partial charge in [-0.1, -0.05) is 6.92 Å². The minimum atomic E-state index is 0.361. The van der Waals surface area contributed by atoms with Gasteiger partial charge in [0, 0.05) is 51.0 Å². The second kappa shape index (κ2) is 11.0. The van der Waals surface area contributed by atoms with Gasteiger partial charge in [-0.15, -0.1) is 11.3 Å². The normalized spacial score (nSPS) is 12.6. The van der Waals surface area contributed by atoms with Gasteiger partial charge >= 0.3 is 0 Å². The molecule has 0 aliphatic carbocycles. The van der Waals surface area contributed by atoms with Gasteiger partial charge in [-0.05, 0) is 26.3 Å². The van der Waals surface area contributed by atoms with E-state index >= 15 is 0 Å². The molecule has 1 N–H and O–H groups in total. The first kappa shape index (κ1) is 18.4. The molecule has 0 saturated heterocycles. The molecular weight excluding hydrogens is 286 g/mol. The lowest BCUT2D eigenvalue weighted by Crippen LogP contribution is -2.28. The molecule has 0 fully saturated rings. The SMILES string of the molecule is CCCNC(C)c1cnc(N(CCCOC)CCOC)s1. The molecule has 0 aliphatic rings. The maximum atomic E-state index is 5.20. The van der Waals surface area contributed by atoms with Crippen LogP contribution in [0.5, 0.6) is 0 Å². The highest BCUT2D eigenvalue weighted by atomic mass is 32.1. The van der Waals surface area contributed by atoms with Crippen LogP contribution in [0.4, 0.5) is 5.13 Å². The molecule has 0 aliphatic heterocycles. The van der Waals surface area contributed by atoms with E-state index in [1.165, 1.54) is 4.88 Å². The van der Waals surface area contributed by atoms with Gasteiger partial charge in [-0.3, -0.25) is 0 Å². The second-order valence-corrected chi connectivity index (χ2v) is 6.09. The molecule has 1 atom stereocenters. The molecule has 0 bridgehead atoms. The average Bonchev–Trinajstić information content (AvgIpc) is 2.98. The number of nitrogens with one attached hydrogen (secondary N) is 1. The predicted molar refractivity (Wildman–Crippen MR) is 89.4 cm³/mol. The summed E-state index contributed by atoms with van der Waals surface area (Å²) in [6.07, 6.45) is 4.13. The maximum Gasteiger partial charge on any atom is 0.185 e. The highest BCUT2D eigenvalue weighted by Gasteiger charge is 2.14. The Morgan fingerprint density at radius 2 is 2.05 bits per heavy atom. The van der Waals surface area contributed by atoms with Crippen LogP contribution in [0.1, 0.15) is 37.6 Å². The molecule has 1 aromatic rings. The number of hydrogen-bond donors (Lipinski definition) is 1. The molecule has 21 heavy (non-hydrogen) atoms.